The molecule has 0 radical (unpaired) electrons. The van der Waals surface area contributed by atoms with E-state index in [0.29, 0.717) is 138 Å². The molecule has 21 heteroatoms. The highest BCUT2D eigenvalue weighted by Crippen LogP contribution is 2.40. The summed E-state index contributed by atoms with van der Waals surface area (Å²) in [5.74, 6) is 0.189. The fourth-order valence-corrected chi connectivity index (χ4v) is 12.6. The van der Waals surface area contributed by atoms with Crippen molar-refractivity contribution in [3.63, 3.8) is 0 Å². The third kappa shape index (κ3) is 19.7. The van der Waals surface area contributed by atoms with Gasteiger partial charge in [-0.15, -0.1) is 0 Å². The van der Waals surface area contributed by atoms with Gasteiger partial charge in [0.15, 0.2) is 0 Å². The van der Waals surface area contributed by atoms with Crippen molar-refractivity contribution in [3.05, 3.63) is 126 Å². The topological polar surface area (TPSA) is 182 Å². The number of Topliss-reactive ketones (excluding diaryl/α,β-unsaturated/α-hetero) is 2. The summed E-state index contributed by atoms with van der Waals surface area (Å²) in [6.07, 6.45) is 4.50. The number of nitrogens with one attached hydrogen (secondary N) is 3. The Balaban J connectivity index is 0.699. The van der Waals surface area contributed by atoms with Crippen molar-refractivity contribution in [3.8, 4) is 0 Å². The van der Waals surface area contributed by atoms with Crippen LogP contribution in [0.2, 0.25) is 20.1 Å². The summed E-state index contributed by atoms with van der Waals surface area (Å²) in [5.41, 5.74) is 5.73. The molecular weight excluding hydrogens is 1080 g/mol. The highest BCUT2D eigenvalue weighted by Gasteiger charge is 2.30. The summed E-state index contributed by atoms with van der Waals surface area (Å²) >= 11 is 25.7. The molecule has 2 aliphatic heterocycles. The van der Waals surface area contributed by atoms with Gasteiger partial charge in [0.1, 0.15) is 11.6 Å². The highest BCUT2D eigenvalue weighted by atomic mass is 35.5. The number of ether oxygens (including phenoxy) is 4. The molecule has 2 heterocycles. The second-order valence-electron chi connectivity index (χ2n) is 19.0. The Kier molecular flexibility index (Phi) is 25.2. The molecule has 412 valence electrons. The zero-order valence-corrected chi connectivity index (χ0v) is 47.5. The van der Waals surface area contributed by atoms with Gasteiger partial charge in [-0.25, -0.2) is 26.3 Å². The number of hydrogen-bond acceptors (Lipinski definition) is 13. The van der Waals surface area contributed by atoms with Gasteiger partial charge in [0.25, 0.3) is 0 Å². The number of nitrogens with zero attached hydrogens (tertiary/aromatic N) is 2. The van der Waals surface area contributed by atoms with E-state index in [-0.39, 0.29) is 59.5 Å². The van der Waals surface area contributed by atoms with Gasteiger partial charge >= 0.3 is 0 Å². The minimum Gasteiger partial charge on any atom is -0.379 e. The molecule has 2 aliphatic rings. The number of rotatable bonds is 34. The van der Waals surface area contributed by atoms with Crippen molar-refractivity contribution >= 4 is 78.0 Å². The largest absolute Gasteiger partial charge is 0.379 e. The SMILES string of the molecule is CN1Cc2c(Cl)cc(Cl)cc2[C@H](c2cccc(S(=O)(=O)NCCOCCOCCCC(=O)CCCNCCCC(=O)CCCOCCOCCNS(=O)(=O)c3cccc([C@@H]4CN(C)Cc5c(Cl)cc(Cl)cc54)c3)c2)C1. The van der Waals surface area contributed by atoms with E-state index in [1.807, 2.05) is 38.4 Å². The van der Waals surface area contributed by atoms with Crippen LogP contribution in [0.25, 0.3) is 0 Å². The van der Waals surface area contributed by atoms with Crippen LogP contribution in [0.1, 0.15) is 96.6 Å². The van der Waals surface area contributed by atoms with E-state index in [4.69, 9.17) is 65.4 Å². The first kappa shape index (κ1) is 61.1. The van der Waals surface area contributed by atoms with Crippen LogP contribution in [-0.4, -0.2) is 144 Å². The van der Waals surface area contributed by atoms with E-state index in [9.17, 15) is 26.4 Å². The van der Waals surface area contributed by atoms with E-state index < -0.39 is 20.0 Å². The van der Waals surface area contributed by atoms with Crippen LogP contribution in [0.5, 0.6) is 0 Å². The lowest BCUT2D eigenvalue weighted by Crippen LogP contribution is -2.31. The second kappa shape index (κ2) is 30.9. The number of benzene rings is 4. The molecule has 4 aromatic carbocycles. The first-order valence-electron chi connectivity index (χ1n) is 25.6. The third-order valence-electron chi connectivity index (χ3n) is 13.1. The van der Waals surface area contributed by atoms with Gasteiger partial charge in [0.05, 0.1) is 49.4 Å². The van der Waals surface area contributed by atoms with Crippen LogP contribution in [0.3, 0.4) is 0 Å². The molecule has 0 saturated heterocycles. The fourth-order valence-electron chi connectivity index (χ4n) is 9.30. The molecule has 2 atom stereocenters. The van der Waals surface area contributed by atoms with Gasteiger partial charge in [0.2, 0.25) is 20.0 Å². The van der Waals surface area contributed by atoms with Crippen LogP contribution >= 0.6 is 46.4 Å². The highest BCUT2D eigenvalue weighted by molar-refractivity contribution is 7.89. The summed E-state index contributed by atoms with van der Waals surface area (Å²) in [4.78, 5) is 29.3. The van der Waals surface area contributed by atoms with Gasteiger partial charge in [-0.05, 0) is 135 Å². The lowest BCUT2D eigenvalue weighted by Gasteiger charge is -2.33. The lowest BCUT2D eigenvalue weighted by atomic mass is 9.85. The standard InChI is InChI=1S/C54H71Cl4N5O10S2/c1-62-35-49(47-31-41(55)33-53(57)51(47)37-62)39-9-3-15-45(29-39)74(66,67)60-19-23-72-27-25-70-21-7-13-43(64)11-5-17-59-18-6-12-44(65)14-8-22-71-26-28-73-24-20-61-75(68,69)46-16-4-10-40(30-46)50-36-63(2)38-52-48(50)32-42(56)34-54(52)58/h3-4,9-10,15-16,29-34,49-50,59-61H,5-8,11-14,17-28,35-38H2,1-2H3/t49-,50-/m0/s1. The molecule has 0 unspecified atom stereocenters. The average molecular weight is 1160 g/mol. The average Bonchev–Trinajstić information content (AvgIpc) is 3.37. The van der Waals surface area contributed by atoms with Crippen molar-refractivity contribution < 1.29 is 45.4 Å². The molecule has 4 aromatic rings. The Hall–Kier alpha value is -3.08. The van der Waals surface area contributed by atoms with Crippen LogP contribution in [0.15, 0.2) is 82.6 Å². The Morgan fingerprint density at radius 1 is 0.520 bits per heavy atom. The van der Waals surface area contributed by atoms with Crippen LogP contribution < -0.4 is 14.8 Å². The molecule has 0 aromatic heterocycles. The lowest BCUT2D eigenvalue weighted by molar-refractivity contribution is -0.120. The smallest absolute Gasteiger partial charge is 0.240 e. The van der Waals surface area contributed by atoms with Crippen LogP contribution in [0.4, 0.5) is 0 Å². The number of fused-ring (bicyclic) bond motifs is 2. The van der Waals surface area contributed by atoms with Crippen molar-refractivity contribution in [2.75, 3.05) is 106 Å². The Bertz CT molecular complexity index is 2560. The number of carbonyl (C=O) groups is 2. The van der Waals surface area contributed by atoms with Gasteiger partial charge in [-0.3, -0.25) is 9.59 Å². The van der Waals surface area contributed by atoms with Crippen LogP contribution in [0, 0.1) is 0 Å². The molecule has 75 heavy (non-hydrogen) atoms. The maximum Gasteiger partial charge on any atom is 0.240 e. The molecule has 0 fully saturated rings. The summed E-state index contributed by atoms with van der Waals surface area (Å²) in [6.45, 7) is 6.89. The number of likely N-dealkylation sites (N-methyl/N-ethyl adjacent to an activating group) is 2. The monoisotopic (exact) mass is 1150 g/mol. The zero-order chi connectivity index (χ0) is 53.8. The molecule has 0 aliphatic carbocycles. The zero-order valence-electron chi connectivity index (χ0n) is 42.9. The van der Waals surface area contributed by atoms with Gasteiger partial charge in [-0.1, -0.05) is 70.7 Å². The Morgan fingerprint density at radius 2 is 0.907 bits per heavy atom. The predicted octanol–water partition coefficient (Wildman–Crippen LogP) is 8.63. The molecule has 6 rings (SSSR count). The van der Waals surface area contributed by atoms with Gasteiger partial charge < -0.3 is 34.1 Å². The summed E-state index contributed by atoms with van der Waals surface area (Å²) in [5, 5.41) is 5.61. The van der Waals surface area contributed by atoms with E-state index in [2.05, 4.69) is 24.6 Å². The van der Waals surface area contributed by atoms with Crippen molar-refractivity contribution in [2.24, 2.45) is 0 Å². The van der Waals surface area contributed by atoms with Crippen molar-refractivity contribution in [1.29, 1.82) is 0 Å². The van der Waals surface area contributed by atoms with E-state index in [1.165, 1.54) is 0 Å². The number of sulfonamides is 2. The molecule has 0 amide bonds. The Morgan fingerprint density at radius 3 is 1.32 bits per heavy atom. The molecule has 15 nitrogen and oxygen atoms in total. The first-order valence-corrected chi connectivity index (χ1v) is 30.1. The minimum atomic E-state index is -3.77. The summed E-state index contributed by atoms with van der Waals surface area (Å²) in [6, 6.07) is 21.2. The fraction of sp³-hybridized carbons (Fsp3) is 0.519. The van der Waals surface area contributed by atoms with E-state index in [1.54, 1.807) is 48.5 Å². The van der Waals surface area contributed by atoms with Crippen molar-refractivity contribution in [2.45, 2.75) is 86.1 Å². The number of ketones is 2. The van der Waals surface area contributed by atoms with Crippen LogP contribution in [-0.2, 0) is 61.7 Å². The predicted molar refractivity (Wildman–Crippen MR) is 296 cm³/mol. The number of halogens is 4. The molecule has 0 spiro atoms. The first-order chi connectivity index (χ1) is 36.0. The van der Waals surface area contributed by atoms with Gasteiger partial charge in [-0.2, -0.15) is 0 Å². The van der Waals surface area contributed by atoms with Crippen molar-refractivity contribution in [1.82, 2.24) is 24.6 Å². The summed E-state index contributed by atoms with van der Waals surface area (Å²) < 4.78 is 80.2. The maximum absolute atomic E-state index is 13.1. The molecule has 0 bridgehead atoms. The molecule has 0 saturated carbocycles. The number of carbonyl (C=O) groups excluding carboxylic acids is 2. The molecular formula is C54H71Cl4N5O10S2. The minimum absolute atomic E-state index is 0.0839. The van der Waals surface area contributed by atoms with E-state index in [0.717, 1.165) is 46.2 Å². The Labute approximate surface area is 463 Å². The maximum atomic E-state index is 13.1. The number of hydrogen-bond donors (Lipinski definition) is 3. The van der Waals surface area contributed by atoms with E-state index >= 15 is 0 Å². The summed E-state index contributed by atoms with van der Waals surface area (Å²) in [7, 11) is -3.53. The normalized spacial score (nSPS) is 16.2. The van der Waals surface area contributed by atoms with Gasteiger partial charge in [0, 0.05) is 110 Å². The third-order valence-corrected chi connectivity index (χ3v) is 17.1. The molecule has 3 N–H and O–H groups in total. The second-order valence-corrected chi connectivity index (χ2v) is 24.3. The quantitative estimate of drug-likeness (QED) is 0.0379.